The van der Waals surface area contributed by atoms with E-state index in [-0.39, 0.29) is 17.4 Å². The first-order valence-electron chi connectivity index (χ1n) is 7.09. The highest BCUT2D eigenvalue weighted by Crippen LogP contribution is 2.37. The Morgan fingerprint density at radius 1 is 1.32 bits per heavy atom. The largest absolute Gasteiger partial charge is 0.478 e. The third-order valence-corrected chi connectivity index (χ3v) is 5.93. The summed E-state index contributed by atoms with van der Waals surface area (Å²) in [4.78, 5) is 11.4. The van der Waals surface area contributed by atoms with Crippen molar-refractivity contribution in [2.24, 2.45) is 0 Å². The lowest BCUT2D eigenvalue weighted by Crippen LogP contribution is -2.28. The van der Waals surface area contributed by atoms with Crippen LogP contribution in [0.15, 0.2) is 18.3 Å². The van der Waals surface area contributed by atoms with Crippen molar-refractivity contribution in [1.82, 2.24) is 4.57 Å². The molecule has 118 valence electrons. The molecule has 1 aliphatic rings. The number of aryl methyl sites for hydroxylation is 1. The first kappa shape index (κ1) is 14.9. The van der Waals surface area contributed by atoms with Gasteiger partial charge in [0.25, 0.3) is 0 Å². The summed E-state index contributed by atoms with van der Waals surface area (Å²) in [5.41, 5.74) is 2.26. The molecule has 2 heterocycles. The molecule has 0 amide bonds. The fraction of sp³-hybridized carbons (Fsp3) is 0.400. The molecule has 0 unspecified atom stereocenters. The highest BCUT2D eigenvalue weighted by molar-refractivity contribution is 7.92. The molecule has 6 nitrogen and oxygen atoms in total. The summed E-state index contributed by atoms with van der Waals surface area (Å²) in [5.74, 6) is -1.04. The SMILES string of the molecule is CC(C)n1cc2c3c(cc(C(=O)O)cc31)N(C)S(=O)(=O)CC2. The zero-order valence-electron chi connectivity index (χ0n) is 12.7. The Morgan fingerprint density at radius 3 is 2.59 bits per heavy atom. The van der Waals surface area contributed by atoms with Crippen LogP contribution >= 0.6 is 0 Å². The van der Waals surface area contributed by atoms with Gasteiger partial charge >= 0.3 is 5.97 Å². The van der Waals surface area contributed by atoms with Crippen molar-refractivity contribution in [2.75, 3.05) is 17.1 Å². The maximum atomic E-state index is 12.3. The zero-order chi connectivity index (χ0) is 16.2. The molecular weight excluding hydrogens is 304 g/mol. The Morgan fingerprint density at radius 2 is 2.00 bits per heavy atom. The molecule has 1 aliphatic heterocycles. The number of hydrogen-bond acceptors (Lipinski definition) is 3. The Hall–Kier alpha value is -2.02. The highest BCUT2D eigenvalue weighted by atomic mass is 32.2. The number of anilines is 1. The summed E-state index contributed by atoms with van der Waals surface area (Å²) >= 11 is 0. The number of aromatic nitrogens is 1. The predicted octanol–water partition coefficient (Wildman–Crippen LogP) is 2.24. The number of carboxylic acids is 1. The van der Waals surface area contributed by atoms with Gasteiger partial charge in [-0.3, -0.25) is 4.31 Å². The molecule has 7 heteroatoms. The molecule has 1 aromatic carbocycles. The summed E-state index contributed by atoms with van der Waals surface area (Å²) < 4.78 is 27.8. The van der Waals surface area contributed by atoms with Crippen molar-refractivity contribution in [1.29, 1.82) is 0 Å². The smallest absolute Gasteiger partial charge is 0.335 e. The minimum Gasteiger partial charge on any atom is -0.478 e. The third-order valence-electron chi connectivity index (χ3n) is 4.18. The molecule has 22 heavy (non-hydrogen) atoms. The first-order valence-corrected chi connectivity index (χ1v) is 8.70. The van der Waals surface area contributed by atoms with E-state index in [2.05, 4.69) is 0 Å². The van der Waals surface area contributed by atoms with E-state index in [9.17, 15) is 18.3 Å². The van der Waals surface area contributed by atoms with Crippen LogP contribution in [0.25, 0.3) is 10.9 Å². The lowest BCUT2D eigenvalue weighted by atomic mass is 10.1. The van der Waals surface area contributed by atoms with Gasteiger partial charge in [-0.15, -0.1) is 0 Å². The van der Waals surface area contributed by atoms with Gasteiger partial charge in [-0.2, -0.15) is 0 Å². The average Bonchev–Trinajstić information content (AvgIpc) is 2.78. The maximum Gasteiger partial charge on any atom is 0.335 e. The number of rotatable bonds is 2. The first-order chi connectivity index (χ1) is 10.2. The molecule has 0 bridgehead atoms. The van der Waals surface area contributed by atoms with Gasteiger partial charge in [0.05, 0.1) is 22.5 Å². The standard InChI is InChI=1S/C15H18N2O4S/c1-9(2)17-8-10-4-5-22(20,21)16(3)12-6-11(15(18)19)7-13(17)14(10)12/h6-9H,4-5H2,1-3H3,(H,18,19). The van der Waals surface area contributed by atoms with Crippen molar-refractivity contribution in [3.63, 3.8) is 0 Å². The molecule has 0 aliphatic carbocycles. The van der Waals surface area contributed by atoms with Crippen LogP contribution in [0.1, 0.15) is 35.8 Å². The second-order valence-corrected chi connectivity index (χ2v) is 8.00. The molecule has 0 atom stereocenters. The number of aromatic carboxylic acids is 1. The zero-order valence-corrected chi connectivity index (χ0v) is 13.5. The summed E-state index contributed by atoms with van der Waals surface area (Å²) in [6.07, 6.45) is 2.38. The summed E-state index contributed by atoms with van der Waals surface area (Å²) in [6.45, 7) is 4.03. The Bertz CT molecular complexity index is 881. The second-order valence-electron chi connectivity index (χ2n) is 5.88. The minimum atomic E-state index is -3.43. The fourth-order valence-electron chi connectivity index (χ4n) is 2.96. The second kappa shape index (κ2) is 4.74. The van der Waals surface area contributed by atoms with Crippen LogP contribution in [0.2, 0.25) is 0 Å². The monoisotopic (exact) mass is 322 g/mol. The van der Waals surface area contributed by atoms with Crippen molar-refractivity contribution in [3.8, 4) is 0 Å². The molecule has 0 saturated carbocycles. The van der Waals surface area contributed by atoms with Gasteiger partial charge in [-0.05, 0) is 38.0 Å². The van der Waals surface area contributed by atoms with Gasteiger partial charge in [0, 0.05) is 24.7 Å². The van der Waals surface area contributed by atoms with E-state index in [1.165, 1.54) is 17.4 Å². The van der Waals surface area contributed by atoms with E-state index in [4.69, 9.17) is 0 Å². The van der Waals surface area contributed by atoms with E-state index >= 15 is 0 Å². The van der Waals surface area contributed by atoms with Crippen LogP contribution < -0.4 is 4.31 Å². The molecule has 0 spiro atoms. The van der Waals surface area contributed by atoms with E-state index in [1.54, 1.807) is 6.07 Å². The lowest BCUT2D eigenvalue weighted by Gasteiger charge is -2.19. The van der Waals surface area contributed by atoms with Gasteiger partial charge in [0.2, 0.25) is 10.0 Å². The van der Waals surface area contributed by atoms with Gasteiger partial charge in [0.1, 0.15) is 0 Å². The quantitative estimate of drug-likeness (QED) is 0.919. The molecule has 0 saturated heterocycles. The van der Waals surface area contributed by atoms with E-state index in [0.29, 0.717) is 12.1 Å². The average molecular weight is 322 g/mol. The molecule has 3 rings (SSSR count). The Labute approximate surface area is 129 Å². The van der Waals surface area contributed by atoms with Gasteiger partial charge in [0.15, 0.2) is 0 Å². The Balaban J connectivity index is 2.45. The predicted molar refractivity (Wildman–Crippen MR) is 85.2 cm³/mol. The molecule has 0 radical (unpaired) electrons. The molecule has 2 aromatic rings. The summed E-state index contributed by atoms with van der Waals surface area (Å²) in [7, 11) is -1.94. The number of nitrogens with zero attached hydrogens (tertiary/aromatic N) is 2. The lowest BCUT2D eigenvalue weighted by molar-refractivity contribution is 0.0697. The molecule has 0 fully saturated rings. The van der Waals surface area contributed by atoms with Crippen LogP contribution in [0.4, 0.5) is 5.69 Å². The van der Waals surface area contributed by atoms with Gasteiger partial charge < -0.3 is 9.67 Å². The number of hydrogen-bond donors (Lipinski definition) is 1. The maximum absolute atomic E-state index is 12.3. The molecule has 1 N–H and O–H groups in total. The van der Waals surface area contributed by atoms with E-state index in [1.807, 2.05) is 24.6 Å². The molecular formula is C15H18N2O4S. The van der Waals surface area contributed by atoms with E-state index < -0.39 is 16.0 Å². The number of sulfonamides is 1. The fourth-order valence-corrected chi connectivity index (χ4v) is 4.16. The van der Waals surface area contributed by atoms with Crippen LogP contribution in [0.5, 0.6) is 0 Å². The van der Waals surface area contributed by atoms with Crippen LogP contribution in [0.3, 0.4) is 0 Å². The van der Waals surface area contributed by atoms with Crippen LogP contribution in [-0.4, -0.2) is 36.9 Å². The van der Waals surface area contributed by atoms with Crippen molar-refractivity contribution in [3.05, 3.63) is 29.5 Å². The number of carbonyl (C=O) groups is 1. The van der Waals surface area contributed by atoms with Crippen molar-refractivity contribution < 1.29 is 18.3 Å². The normalized spacial score (nSPS) is 17.0. The van der Waals surface area contributed by atoms with Crippen LogP contribution in [-0.2, 0) is 16.4 Å². The topological polar surface area (TPSA) is 79.6 Å². The number of carboxylic acid groups (broad SMARTS) is 1. The Kier molecular flexibility index (Phi) is 3.21. The van der Waals surface area contributed by atoms with Crippen molar-refractivity contribution in [2.45, 2.75) is 26.3 Å². The summed E-state index contributed by atoms with van der Waals surface area (Å²) in [6, 6.07) is 3.23. The molecule has 1 aromatic heterocycles. The third kappa shape index (κ3) is 2.08. The van der Waals surface area contributed by atoms with Gasteiger partial charge in [-0.1, -0.05) is 0 Å². The summed E-state index contributed by atoms with van der Waals surface area (Å²) in [5, 5.41) is 10.2. The minimum absolute atomic E-state index is 0.0256. The van der Waals surface area contributed by atoms with E-state index in [0.717, 1.165) is 16.5 Å². The highest BCUT2D eigenvalue weighted by Gasteiger charge is 2.28. The van der Waals surface area contributed by atoms with Crippen molar-refractivity contribution >= 4 is 32.6 Å². The van der Waals surface area contributed by atoms with Crippen LogP contribution in [0, 0.1) is 0 Å². The number of benzene rings is 1. The van der Waals surface area contributed by atoms with Gasteiger partial charge in [-0.25, -0.2) is 13.2 Å².